The van der Waals surface area contributed by atoms with Crippen LogP contribution in [0.25, 0.3) is 21.1 Å². The number of carbonyl (C=O) groups is 2. The number of aliphatic hydroxyl groups excluding tert-OH is 1. The highest BCUT2D eigenvalue weighted by molar-refractivity contribution is 7.21. The Bertz CT molecular complexity index is 1450. The molecule has 176 valence electrons. The number of fused-ring (bicyclic) bond motifs is 2. The summed E-state index contributed by atoms with van der Waals surface area (Å²) >= 11 is 1.08. The van der Waals surface area contributed by atoms with Gasteiger partial charge in [0.15, 0.2) is 0 Å². The molecule has 0 radical (unpaired) electrons. The van der Waals surface area contributed by atoms with Gasteiger partial charge in [-0.2, -0.15) is 0 Å². The van der Waals surface area contributed by atoms with E-state index in [4.69, 9.17) is 4.74 Å². The number of likely N-dealkylation sites (tertiary alicyclic amines) is 1. The minimum absolute atomic E-state index is 0.222. The Morgan fingerprint density at radius 3 is 2.79 bits per heavy atom. The predicted octanol–water partition coefficient (Wildman–Crippen LogP) is 4.72. The lowest BCUT2D eigenvalue weighted by atomic mass is 10.2. The van der Waals surface area contributed by atoms with E-state index in [-0.39, 0.29) is 4.88 Å². The number of aryl methyl sites for hydroxylation is 1. The largest absolute Gasteiger partial charge is 0.464 e. The molecular weight excluding hydrogens is 468 g/mol. The van der Waals surface area contributed by atoms with Crippen LogP contribution in [-0.4, -0.2) is 61.8 Å². The van der Waals surface area contributed by atoms with Gasteiger partial charge < -0.3 is 19.8 Å². The molecule has 11 heteroatoms. The number of aromatic nitrogens is 2. The highest BCUT2D eigenvalue weighted by Crippen LogP contribution is 2.38. The number of amides is 1. The van der Waals surface area contributed by atoms with Crippen molar-refractivity contribution < 1.29 is 33.3 Å². The molecule has 1 aliphatic heterocycles. The van der Waals surface area contributed by atoms with Crippen LogP contribution in [-0.2, 0) is 0 Å². The molecule has 0 saturated carbocycles. The van der Waals surface area contributed by atoms with Crippen molar-refractivity contribution in [2.24, 2.45) is 0 Å². The third kappa shape index (κ3) is 3.76. The lowest BCUT2D eigenvalue weighted by molar-refractivity contribution is 0.0116. The molecule has 1 saturated heterocycles. The number of benzene rings is 1. The summed E-state index contributed by atoms with van der Waals surface area (Å²) in [5.41, 5.74) is 1.58. The SMILES string of the molecule is Cc1cc2cc(Oc3ccnc4cc(C(=O)N5CC(F)(F)CC5CO)sc34)ccc2n1C(=O)O. The molecule has 1 atom stereocenters. The molecule has 4 aromatic rings. The van der Waals surface area contributed by atoms with Gasteiger partial charge in [0.1, 0.15) is 11.5 Å². The first-order chi connectivity index (χ1) is 16.2. The Hall–Kier alpha value is -3.57. The van der Waals surface area contributed by atoms with Gasteiger partial charge in [-0.3, -0.25) is 14.3 Å². The molecule has 5 rings (SSSR count). The molecule has 1 amide bonds. The Morgan fingerprint density at radius 2 is 2.06 bits per heavy atom. The zero-order valence-electron chi connectivity index (χ0n) is 17.9. The number of carboxylic acid groups (broad SMARTS) is 1. The first kappa shape index (κ1) is 22.2. The molecule has 34 heavy (non-hydrogen) atoms. The third-order valence-corrected chi connectivity index (χ3v) is 6.94. The van der Waals surface area contributed by atoms with Crippen LogP contribution in [0.15, 0.2) is 42.6 Å². The van der Waals surface area contributed by atoms with Crippen molar-refractivity contribution in [1.29, 1.82) is 0 Å². The van der Waals surface area contributed by atoms with Crippen LogP contribution in [0, 0.1) is 6.92 Å². The number of halogens is 2. The van der Waals surface area contributed by atoms with Crippen molar-refractivity contribution in [3.63, 3.8) is 0 Å². The fourth-order valence-corrected chi connectivity index (χ4v) is 5.34. The fraction of sp³-hybridized carbons (Fsp3) is 0.261. The van der Waals surface area contributed by atoms with E-state index < -0.39 is 43.5 Å². The Balaban J connectivity index is 1.46. The van der Waals surface area contributed by atoms with Crippen LogP contribution in [0.2, 0.25) is 0 Å². The highest BCUT2D eigenvalue weighted by Gasteiger charge is 2.47. The molecule has 1 aliphatic rings. The Kier molecular flexibility index (Phi) is 5.25. The molecule has 4 heterocycles. The topological polar surface area (TPSA) is 105 Å². The van der Waals surface area contributed by atoms with E-state index in [0.717, 1.165) is 16.2 Å². The molecule has 2 N–H and O–H groups in total. The van der Waals surface area contributed by atoms with Crippen LogP contribution in [0.3, 0.4) is 0 Å². The Morgan fingerprint density at radius 1 is 1.26 bits per heavy atom. The van der Waals surface area contributed by atoms with Gasteiger partial charge in [0.25, 0.3) is 11.8 Å². The summed E-state index contributed by atoms with van der Waals surface area (Å²) in [6.07, 6.45) is -0.131. The summed E-state index contributed by atoms with van der Waals surface area (Å²) < 4.78 is 35.4. The second-order valence-electron chi connectivity index (χ2n) is 8.19. The number of alkyl halides is 2. The van der Waals surface area contributed by atoms with Crippen LogP contribution < -0.4 is 4.74 Å². The number of aliphatic hydroxyl groups is 1. The molecule has 1 unspecified atom stereocenters. The van der Waals surface area contributed by atoms with Gasteiger partial charge in [0.05, 0.1) is 39.8 Å². The quantitative estimate of drug-likeness (QED) is 0.432. The maximum Gasteiger partial charge on any atom is 0.416 e. The standard InChI is InChI=1S/C23H19F2N3O5S/c1-12-6-13-7-15(2-3-17(13)28(12)22(31)32)33-18-4-5-26-16-8-19(34-20(16)18)21(30)27-11-23(24,25)9-14(27)10-29/h2-8,14,29H,9-11H2,1H3,(H,31,32). The molecule has 1 fully saturated rings. The van der Waals surface area contributed by atoms with E-state index in [0.29, 0.717) is 38.3 Å². The van der Waals surface area contributed by atoms with E-state index in [2.05, 4.69) is 4.98 Å². The number of thiophene rings is 1. The van der Waals surface area contributed by atoms with E-state index in [1.807, 2.05) is 0 Å². The zero-order valence-corrected chi connectivity index (χ0v) is 18.7. The van der Waals surface area contributed by atoms with Gasteiger partial charge in [0.2, 0.25) is 0 Å². The van der Waals surface area contributed by atoms with Gasteiger partial charge in [-0.1, -0.05) is 0 Å². The molecule has 0 bridgehead atoms. The molecule has 8 nitrogen and oxygen atoms in total. The number of pyridine rings is 1. The van der Waals surface area contributed by atoms with Gasteiger partial charge in [-0.25, -0.2) is 13.6 Å². The van der Waals surface area contributed by atoms with Crippen molar-refractivity contribution in [3.05, 3.63) is 53.2 Å². The number of ether oxygens (including phenoxy) is 1. The van der Waals surface area contributed by atoms with Crippen molar-refractivity contribution >= 4 is 44.5 Å². The summed E-state index contributed by atoms with van der Waals surface area (Å²) in [5, 5.41) is 19.5. The summed E-state index contributed by atoms with van der Waals surface area (Å²) in [6.45, 7) is 0.421. The average Bonchev–Trinajstić information content (AvgIpc) is 3.45. The number of hydrogen-bond acceptors (Lipinski definition) is 6. The van der Waals surface area contributed by atoms with Gasteiger partial charge in [-0.05, 0) is 37.3 Å². The number of rotatable bonds is 4. The van der Waals surface area contributed by atoms with Crippen LogP contribution in [0.1, 0.15) is 21.8 Å². The minimum atomic E-state index is -3.04. The highest BCUT2D eigenvalue weighted by atomic mass is 32.1. The number of carbonyl (C=O) groups excluding carboxylic acids is 1. The van der Waals surface area contributed by atoms with Crippen LogP contribution in [0.4, 0.5) is 13.6 Å². The van der Waals surface area contributed by atoms with Crippen molar-refractivity contribution in [2.75, 3.05) is 13.2 Å². The number of nitrogens with zero attached hydrogens (tertiary/aromatic N) is 3. The minimum Gasteiger partial charge on any atom is -0.464 e. The smallest absolute Gasteiger partial charge is 0.416 e. The van der Waals surface area contributed by atoms with Crippen molar-refractivity contribution in [2.45, 2.75) is 25.3 Å². The van der Waals surface area contributed by atoms with Gasteiger partial charge in [-0.15, -0.1) is 11.3 Å². The molecule has 0 spiro atoms. The summed E-state index contributed by atoms with van der Waals surface area (Å²) in [4.78, 5) is 29.9. The first-order valence-corrected chi connectivity index (χ1v) is 11.2. The van der Waals surface area contributed by atoms with Crippen LogP contribution in [0.5, 0.6) is 11.5 Å². The lowest BCUT2D eigenvalue weighted by Gasteiger charge is -2.21. The van der Waals surface area contributed by atoms with Gasteiger partial charge >= 0.3 is 6.09 Å². The molecule has 1 aromatic carbocycles. The number of hydrogen-bond donors (Lipinski definition) is 2. The normalized spacial score (nSPS) is 17.5. The molecule has 3 aromatic heterocycles. The monoisotopic (exact) mass is 487 g/mol. The Labute approximate surface area is 195 Å². The van der Waals surface area contributed by atoms with E-state index in [1.165, 1.54) is 16.8 Å². The summed E-state index contributed by atoms with van der Waals surface area (Å²) in [7, 11) is 0. The van der Waals surface area contributed by atoms with E-state index in [1.54, 1.807) is 37.3 Å². The molecular formula is C23H19F2N3O5S. The molecule has 0 aliphatic carbocycles. The third-order valence-electron chi connectivity index (χ3n) is 5.81. The lowest BCUT2D eigenvalue weighted by Crippen LogP contribution is -2.37. The first-order valence-electron chi connectivity index (χ1n) is 10.4. The second-order valence-corrected chi connectivity index (χ2v) is 9.24. The van der Waals surface area contributed by atoms with E-state index >= 15 is 0 Å². The van der Waals surface area contributed by atoms with Gasteiger partial charge in [0, 0.05) is 29.8 Å². The maximum absolute atomic E-state index is 13.8. The average molecular weight is 487 g/mol. The predicted molar refractivity (Wildman–Crippen MR) is 121 cm³/mol. The van der Waals surface area contributed by atoms with Crippen LogP contribution >= 0.6 is 11.3 Å². The van der Waals surface area contributed by atoms with Crippen molar-refractivity contribution in [1.82, 2.24) is 14.5 Å². The van der Waals surface area contributed by atoms with E-state index in [9.17, 15) is 28.6 Å². The van der Waals surface area contributed by atoms with Crippen molar-refractivity contribution in [3.8, 4) is 11.5 Å². The summed E-state index contributed by atoms with van der Waals surface area (Å²) in [6, 6.07) is 8.96. The summed E-state index contributed by atoms with van der Waals surface area (Å²) in [5.74, 6) is -2.74. The maximum atomic E-state index is 13.8. The second kappa shape index (κ2) is 8.03. The zero-order chi connectivity index (χ0) is 24.2. The fourth-order valence-electron chi connectivity index (χ4n) is 4.32.